The van der Waals surface area contributed by atoms with Crippen LogP contribution in [0, 0.1) is 10.8 Å². The molecule has 2 aliphatic rings. The maximum Gasteiger partial charge on any atom is 0.182 e. The molecular weight excluding hydrogens is 282 g/mol. The number of hydrogen-bond acceptors (Lipinski definition) is 4. The molecule has 2 fully saturated rings. The minimum absolute atomic E-state index is 0.329. The van der Waals surface area contributed by atoms with E-state index in [4.69, 9.17) is 16.0 Å². The van der Waals surface area contributed by atoms with E-state index < -0.39 is 0 Å². The van der Waals surface area contributed by atoms with Gasteiger partial charge in [-0.3, -0.25) is 0 Å². The molecule has 0 aromatic carbocycles. The van der Waals surface area contributed by atoms with E-state index in [9.17, 15) is 0 Å². The van der Waals surface area contributed by atoms with Gasteiger partial charge in [-0.2, -0.15) is 0 Å². The van der Waals surface area contributed by atoms with Crippen molar-refractivity contribution in [1.82, 2.24) is 19.4 Å². The van der Waals surface area contributed by atoms with Crippen LogP contribution in [-0.2, 0) is 0 Å². The van der Waals surface area contributed by atoms with Crippen LogP contribution in [0.1, 0.15) is 34.1 Å². The Labute approximate surface area is 146 Å². The second-order valence-electron chi connectivity index (χ2n) is 9.13. The van der Waals surface area contributed by atoms with Gasteiger partial charge in [0.15, 0.2) is 16.0 Å². The van der Waals surface area contributed by atoms with E-state index in [2.05, 4.69) is 37.5 Å². The van der Waals surface area contributed by atoms with E-state index in [0.29, 0.717) is 10.8 Å². The lowest BCUT2D eigenvalue weighted by molar-refractivity contribution is 0.0684. The molecule has 4 nitrogen and oxygen atoms in total. The molecule has 0 unspecified atom stereocenters. The summed E-state index contributed by atoms with van der Waals surface area (Å²) in [7, 11) is 11.7. The molecule has 0 saturated carbocycles. The number of nitrogens with zero attached hydrogens (tertiary/aromatic N) is 4. The summed E-state index contributed by atoms with van der Waals surface area (Å²) in [6, 6.07) is 0. The number of piperazine rings is 2. The lowest BCUT2D eigenvalue weighted by atomic mass is 9.74. The molecule has 0 amide bonds. The molecule has 4 radical (unpaired) electrons. The van der Waals surface area contributed by atoms with Gasteiger partial charge >= 0.3 is 0 Å². The lowest BCUT2D eigenvalue weighted by Crippen LogP contribution is -2.50. The summed E-state index contributed by atoms with van der Waals surface area (Å²) in [4.78, 5) is 9.02. The van der Waals surface area contributed by atoms with Crippen LogP contribution in [0.15, 0.2) is 0 Å². The zero-order valence-electron chi connectivity index (χ0n) is 15.7. The van der Waals surface area contributed by atoms with Gasteiger partial charge in [0.2, 0.25) is 0 Å². The molecule has 6 heteroatoms. The lowest BCUT2D eigenvalue weighted by Gasteiger charge is -2.43. The zero-order chi connectivity index (χ0) is 17.1. The van der Waals surface area contributed by atoms with Crippen LogP contribution >= 0.6 is 0 Å². The maximum absolute atomic E-state index is 5.87. The minimum Gasteiger partial charge on any atom is -0.351 e. The third-order valence-corrected chi connectivity index (χ3v) is 5.07. The smallest absolute Gasteiger partial charge is 0.182 e. The summed E-state index contributed by atoms with van der Waals surface area (Å²) in [5, 5.41) is 0. The standard InChI is InChI=1S/C17H34B2N4/c1-16(2,14-20-5-9-22(18)10-6-20)13-17(3,4)15-21-7-11-23(19)12-8-21/h5-15H2,1-4H3. The van der Waals surface area contributed by atoms with Crippen molar-refractivity contribution < 1.29 is 0 Å². The van der Waals surface area contributed by atoms with Crippen LogP contribution in [-0.4, -0.2) is 101 Å². The normalized spacial score (nSPS) is 24.2. The third-order valence-electron chi connectivity index (χ3n) is 5.07. The van der Waals surface area contributed by atoms with Gasteiger partial charge in [-0.05, 0) is 43.4 Å². The van der Waals surface area contributed by atoms with Gasteiger partial charge in [0.25, 0.3) is 0 Å². The Morgan fingerprint density at radius 3 is 1.22 bits per heavy atom. The molecular formula is C17H34B2N4. The summed E-state index contributed by atoms with van der Waals surface area (Å²) in [5.74, 6) is 0. The molecule has 2 aliphatic heterocycles. The SMILES string of the molecule is [B]N1CCN(CC(C)(C)CC(C)(C)CN2CCN([B])CC2)CC1. The first-order valence-corrected chi connectivity index (χ1v) is 9.09. The van der Waals surface area contributed by atoms with Gasteiger partial charge < -0.3 is 19.4 Å². The Kier molecular flexibility index (Phi) is 6.63. The monoisotopic (exact) mass is 316 g/mol. The van der Waals surface area contributed by atoms with Crippen molar-refractivity contribution in [3.05, 3.63) is 0 Å². The maximum atomic E-state index is 5.87. The molecule has 0 spiro atoms. The van der Waals surface area contributed by atoms with Crippen molar-refractivity contribution in [2.75, 3.05) is 65.4 Å². The van der Waals surface area contributed by atoms with E-state index in [-0.39, 0.29) is 0 Å². The summed E-state index contributed by atoms with van der Waals surface area (Å²) in [6.07, 6.45) is 1.24. The summed E-state index contributed by atoms with van der Waals surface area (Å²) in [5.41, 5.74) is 0.659. The van der Waals surface area contributed by atoms with Gasteiger partial charge in [-0.1, -0.05) is 27.7 Å². The predicted molar refractivity (Wildman–Crippen MR) is 99.7 cm³/mol. The Bertz CT molecular complexity index is 326. The van der Waals surface area contributed by atoms with E-state index in [0.717, 1.165) is 52.4 Å². The Morgan fingerprint density at radius 2 is 0.913 bits per heavy atom. The summed E-state index contributed by atoms with van der Waals surface area (Å²) < 4.78 is 0. The fraction of sp³-hybridized carbons (Fsp3) is 1.00. The molecule has 23 heavy (non-hydrogen) atoms. The van der Waals surface area contributed by atoms with Crippen molar-refractivity contribution in [1.29, 1.82) is 0 Å². The quantitative estimate of drug-likeness (QED) is 0.673. The third kappa shape index (κ3) is 6.77. The van der Waals surface area contributed by atoms with Gasteiger partial charge in [-0.15, -0.1) is 0 Å². The second kappa shape index (κ2) is 7.90. The van der Waals surface area contributed by atoms with Crippen molar-refractivity contribution >= 4 is 16.0 Å². The summed E-state index contributed by atoms with van der Waals surface area (Å²) in [6.45, 7) is 20.3. The fourth-order valence-corrected chi connectivity index (χ4v) is 4.46. The van der Waals surface area contributed by atoms with Crippen LogP contribution in [0.4, 0.5) is 0 Å². The summed E-state index contributed by atoms with van der Waals surface area (Å²) >= 11 is 0. The van der Waals surface area contributed by atoms with Crippen molar-refractivity contribution in [3.8, 4) is 0 Å². The van der Waals surface area contributed by atoms with Crippen LogP contribution < -0.4 is 0 Å². The first kappa shape index (κ1) is 19.3. The molecule has 2 saturated heterocycles. The topological polar surface area (TPSA) is 13.0 Å². The van der Waals surface area contributed by atoms with Gasteiger partial charge in [0.05, 0.1) is 0 Å². The van der Waals surface area contributed by atoms with Crippen molar-refractivity contribution in [2.45, 2.75) is 34.1 Å². The van der Waals surface area contributed by atoms with E-state index >= 15 is 0 Å². The predicted octanol–water partition coefficient (Wildman–Crippen LogP) is 0.831. The van der Waals surface area contributed by atoms with E-state index in [1.165, 1.54) is 19.5 Å². The van der Waals surface area contributed by atoms with Crippen LogP contribution in [0.5, 0.6) is 0 Å². The molecule has 0 bridgehead atoms. The van der Waals surface area contributed by atoms with Crippen LogP contribution in [0.25, 0.3) is 0 Å². The highest BCUT2D eigenvalue weighted by Gasteiger charge is 2.32. The first-order chi connectivity index (χ1) is 10.7. The van der Waals surface area contributed by atoms with Crippen molar-refractivity contribution in [3.63, 3.8) is 0 Å². The molecule has 0 aliphatic carbocycles. The second-order valence-corrected chi connectivity index (χ2v) is 9.13. The molecule has 2 rings (SSSR count). The largest absolute Gasteiger partial charge is 0.351 e. The first-order valence-electron chi connectivity index (χ1n) is 9.09. The highest BCUT2D eigenvalue weighted by atomic mass is 15.2. The Morgan fingerprint density at radius 1 is 0.609 bits per heavy atom. The Hall–Kier alpha value is -0.0301. The van der Waals surface area contributed by atoms with Crippen molar-refractivity contribution in [2.24, 2.45) is 10.8 Å². The van der Waals surface area contributed by atoms with E-state index in [1.807, 2.05) is 9.62 Å². The molecule has 2 heterocycles. The molecule has 0 aromatic rings. The molecule has 0 atom stereocenters. The minimum atomic E-state index is 0.329. The highest BCUT2D eigenvalue weighted by molar-refractivity contribution is 6.04. The van der Waals surface area contributed by atoms with Crippen LogP contribution in [0.3, 0.4) is 0 Å². The average Bonchev–Trinajstić information content (AvgIpc) is 2.42. The fourth-order valence-electron chi connectivity index (χ4n) is 4.46. The van der Waals surface area contributed by atoms with Gasteiger partial charge in [0.1, 0.15) is 0 Å². The molecule has 0 aromatic heterocycles. The zero-order valence-corrected chi connectivity index (χ0v) is 15.7. The number of rotatable bonds is 6. The molecule has 0 N–H and O–H groups in total. The highest BCUT2D eigenvalue weighted by Crippen LogP contribution is 2.35. The average molecular weight is 316 g/mol. The van der Waals surface area contributed by atoms with Crippen LogP contribution in [0.2, 0.25) is 0 Å². The van der Waals surface area contributed by atoms with Gasteiger partial charge in [-0.25, -0.2) is 0 Å². The van der Waals surface area contributed by atoms with E-state index in [1.54, 1.807) is 0 Å². The van der Waals surface area contributed by atoms with Gasteiger partial charge in [0, 0.05) is 39.3 Å². The number of hydrogen-bond donors (Lipinski definition) is 0. The molecule has 128 valence electrons. The Balaban J connectivity index is 1.80.